The van der Waals surface area contributed by atoms with Crippen LogP contribution in [0.2, 0.25) is 0 Å². The monoisotopic (exact) mass is 260 g/mol. The number of rotatable bonds is 5. The van der Waals surface area contributed by atoms with Gasteiger partial charge in [-0.05, 0) is 49.8 Å². The fraction of sp³-hybridized carbons (Fsp3) is 0.625. The van der Waals surface area contributed by atoms with Crippen molar-refractivity contribution in [2.45, 2.75) is 50.8 Å². The fourth-order valence-electron chi connectivity index (χ4n) is 2.92. The van der Waals surface area contributed by atoms with Crippen LogP contribution in [0, 0.1) is 0 Å². The van der Waals surface area contributed by atoms with E-state index in [0.29, 0.717) is 6.10 Å². The van der Waals surface area contributed by atoms with Gasteiger partial charge >= 0.3 is 0 Å². The molecule has 1 heterocycles. The first kappa shape index (κ1) is 12.9. The van der Waals surface area contributed by atoms with E-state index in [-0.39, 0.29) is 0 Å². The van der Waals surface area contributed by atoms with Crippen LogP contribution in [0.3, 0.4) is 0 Å². The number of anilines is 1. The maximum atomic E-state index is 5.88. The second-order valence-electron chi connectivity index (χ2n) is 5.89. The average molecular weight is 260 g/mol. The Labute approximate surface area is 115 Å². The molecular weight excluding hydrogens is 236 g/mol. The van der Waals surface area contributed by atoms with Crippen molar-refractivity contribution in [3.05, 3.63) is 29.8 Å². The summed E-state index contributed by atoms with van der Waals surface area (Å²) in [6, 6.07) is 9.04. The number of nitrogen functional groups attached to an aromatic ring is 1. The van der Waals surface area contributed by atoms with Crippen molar-refractivity contribution < 1.29 is 4.74 Å². The summed E-state index contributed by atoms with van der Waals surface area (Å²) in [5.41, 5.74) is 8.05. The first-order chi connectivity index (χ1) is 9.31. The van der Waals surface area contributed by atoms with Crippen molar-refractivity contribution in [2.24, 2.45) is 0 Å². The Morgan fingerprint density at radius 1 is 1.21 bits per heavy atom. The van der Waals surface area contributed by atoms with Crippen molar-refractivity contribution in [3.8, 4) is 0 Å². The van der Waals surface area contributed by atoms with E-state index in [1.807, 2.05) is 12.1 Å². The maximum Gasteiger partial charge on any atom is 0.0702 e. The summed E-state index contributed by atoms with van der Waals surface area (Å²) in [5, 5.41) is 0. The van der Waals surface area contributed by atoms with Gasteiger partial charge in [0.25, 0.3) is 0 Å². The van der Waals surface area contributed by atoms with Crippen LogP contribution in [-0.2, 0) is 11.3 Å². The molecule has 19 heavy (non-hydrogen) atoms. The van der Waals surface area contributed by atoms with Gasteiger partial charge in [0.15, 0.2) is 0 Å². The molecule has 2 N–H and O–H groups in total. The Hall–Kier alpha value is -1.06. The smallest absolute Gasteiger partial charge is 0.0702 e. The highest BCUT2D eigenvalue weighted by atomic mass is 16.5. The number of nitrogens with two attached hydrogens (primary N) is 1. The SMILES string of the molecule is Nc1cccc(CN(C[C@H]2CCCCO2)C2CC2)c1. The van der Waals surface area contributed by atoms with Crippen molar-refractivity contribution in [2.75, 3.05) is 18.9 Å². The van der Waals surface area contributed by atoms with E-state index in [9.17, 15) is 0 Å². The molecule has 2 fully saturated rings. The summed E-state index contributed by atoms with van der Waals surface area (Å²) in [6.07, 6.45) is 6.90. The molecule has 1 aromatic carbocycles. The van der Waals surface area contributed by atoms with E-state index in [1.165, 1.54) is 37.7 Å². The standard InChI is InChI=1S/C16H24N2O/c17-14-5-3-4-13(10-14)11-18(15-7-8-15)12-16-6-1-2-9-19-16/h3-5,10,15-16H,1-2,6-9,11-12,17H2/t16-/m1/s1. The molecule has 0 radical (unpaired) electrons. The molecule has 1 aliphatic heterocycles. The average Bonchev–Trinajstić information content (AvgIpc) is 3.23. The lowest BCUT2D eigenvalue weighted by Gasteiger charge is -2.30. The van der Waals surface area contributed by atoms with Crippen LogP contribution in [0.15, 0.2) is 24.3 Å². The molecule has 0 bridgehead atoms. The molecule has 1 aliphatic carbocycles. The first-order valence-corrected chi connectivity index (χ1v) is 7.51. The number of hydrogen-bond acceptors (Lipinski definition) is 3. The van der Waals surface area contributed by atoms with Gasteiger partial charge in [-0.25, -0.2) is 0 Å². The lowest BCUT2D eigenvalue weighted by molar-refractivity contribution is -0.00879. The minimum Gasteiger partial charge on any atom is -0.399 e. The second-order valence-corrected chi connectivity index (χ2v) is 5.89. The maximum absolute atomic E-state index is 5.88. The summed E-state index contributed by atoms with van der Waals surface area (Å²) in [5.74, 6) is 0. The zero-order valence-corrected chi connectivity index (χ0v) is 11.6. The Balaban J connectivity index is 1.60. The van der Waals surface area contributed by atoms with Gasteiger partial charge in [-0.3, -0.25) is 4.90 Å². The van der Waals surface area contributed by atoms with E-state index in [2.05, 4.69) is 17.0 Å². The normalized spacial score (nSPS) is 23.7. The predicted octanol–water partition coefficient (Wildman–Crippen LogP) is 2.80. The lowest BCUT2D eigenvalue weighted by atomic mass is 10.1. The summed E-state index contributed by atoms with van der Waals surface area (Å²) < 4.78 is 5.88. The van der Waals surface area contributed by atoms with Crippen molar-refractivity contribution >= 4 is 5.69 Å². The highest BCUT2D eigenvalue weighted by Gasteiger charge is 2.31. The molecule has 0 spiro atoms. The molecule has 1 saturated carbocycles. The summed E-state index contributed by atoms with van der Waals surface area (Å²) >= 11 is 0. The van der Waals surface area contributed by atoms with Gasteiger partial charge in [-0.2, -0.15) is 0 Å². The molecule has 3 nitrogen and oxygen atoms in total. The van der Waals surface area contributed by atoms with E-state index in [0.717, 1.165) is 31.4 Å². The second kappa shape index (κ2) is 5.93. The van der Waals surface area contributed by atoms with Gasteiger partial charge in [0.05, 0.1) is 6.10 Å². The van der Waals surface area contributed by atoms with Gasteiger partial charge < -0.3 is 10.5 Å². The number of nitrogens with zero attached hydrogens (tertiary/aromatic N) is 1. The quantitative estimate of drug-likeness (QED) is 0.827. The van der Waals surface area contributed by atoms with Crippen molar-refractivity contribution in [1.29, 1.82) is 0 Å². The highest BCUT2D eigenvalue weighted by Crippen LogP contribution is 2.30. The van der Waals surface area contributed by atoms with Crippen molar-refractivity contribution in [1.82, 2.24) is 4.90 Å². The van der Waals surface area contributed by atoms with Crippen LogP contribution >= 0.6 is 0 Å². The Morgan fingerprint density at radius 2 is 2.11 bits per heavy atom. The molecule has 3 rings (SSSR count). The molecule has 2 aliphatic rings. The zero-order valence-electron chi connectivity index (χ0n) is 11.6. The Bertz CT molecular complexity index is 411. The van der Waals surface area contributed by atoms with Gasteiger partial charge in [0, 0.05) is 31.4 Å². The van der Waals surface area contributed by atoms with Crippen LogP contribution in [-0.4, -0.2) is 30.2 Å². The molecule has 1 atom stereocenters. The molecule has 0 unspecified atom stereocenters. The van der Waals surface area contributed by atoms with Crippen LogP contribution in [0.25, 0.3) is 0 Å². The highest BCUT2D eigenvalue weighted by molar-refractivity contribution is 5.40. The minimum atomic E-state index is 0.440. The fourth-order valence-corrected chi connectivity index (χ4v) is 2.92. The number of ether oxygens (including phenoxy) is 1. The molecule has 1 aromatic rings. The minimum absolute atomic E-state index is 0.440. The molecule has 0 aromatic heterocycles. The largest absolute Gasteiger partial charge is 0.399 e. The Morgan fingerprint density at radius 3 is 2.79 bits per heavy atom. The number of hydrogen-bond donors (Lipinski definition) is 1. The molecule has 3 heteroatoms. The van der Waals surface area contributed by atoms with E-state index in [4.69, 9.17) is 10.5 Å². The van der Waals surface area contributed by atoms with Gasteiger partial charge in [-0.15, -0.1) is 0 Å². The zero-order chi connectivity index (χ0) is 13.1. The van der Waals surface area contributed by atoms with Gasteiger partial charge in [-0.1, -0.05) is 12.1 Å². The predicted molar refractivity (Wildman–Crippen MR) is 77.9 cm³/mol. The van der Waals surface area contributed by atoms with E-state index < -0.39 is 0 Å². The summed E-state index contributed by atoms with van der Waals surface area (Å²) in [7, 11) is 0. The molecule has 1 saturated heterocycles. The van der Waals surface area contributed by atoms with Gasteiger partial charge in [0.1, 0.15) is 0 Å². The molecule has 0 amide bonds. The lowest BCUT2D eigenvalue weighted by Crippen LogP contribution is -2.36. The van der Waals surface area contributed by atoms with E-state index in [1.54, 1.807) is 0 Å². The topological polar surface area (TPSA) is 38.5 Å². The van der Waals surface area contributed by atoms with Gasteiger partial charge in [0.2, 0.25) is 0 Å². The van der Waals surface area contributed by atoms with Crippen LogP contribution in [0.5, 0.6) is 0 Å². The summed E-state index contributed by atoms with van der Waals surface area (Å²) in [4.78, 5) is 2.59. The first-order valence-electron chi connectivity index (χ1n) is 7.51. The third-order valence-corrected chi connectivity index (χ3v) is 4.11. The van der Waals surface area contributed by atoms with E-state index >= 15 is 0 Å². The number of benzene rings is 1. The molecule has 104 valence electrons. The third-order valence-electron chi connectivity index (χ3n) is 4.11. The third kappa shape index (κ3) is 3.71. The summed E-state index contributed by atoms with van der Waals surface area (Å²) in [6.45, 7) is 3.04. The Kier molecular flexibility index (Phi) is 4.04. The molecular formula is C16H24N2O. The van der Waals surface area contributed by atoms with Crippen LogP contribution < -0.4 is 5.73 Å². The van der Waals surface area contributed by atoms with Crippen molar-refractivity contribution in [3.63, 3.8) is 0 Å². The van der Waals surface area contributed by atoms with Crippen LogP contribution in [0.1, 0.15) is 37.7 Å². The van der Waals surface area contributed by atoms with Crippen LogP contribution in [0.4, 0.5) is 5.69 Å².